The van der Waals surface area contributed by atoms with Gasteiger partial charge in [-0.15, -0.1) is 6.58 Å². The van der Waals surface area contributed by atoms with Crippen LogP contribution in [0.2, 0.25) is 0 Å². The van der Waals surface area contributed by atoms with Crippen LogP contribution >= 0.6 is 0 Å². The normalized spacial score (nSPS) is 20.1. The summed E-state index contributed by atoms with van der Waals surface area (Å²) in [6.45, 7) is 4.05. The number of anilines is 1. The molecule has 0 spiro atoms. The van der Waals surface area contributed by atoms with Gasteiger partial charge in [0, 0.05) is 18.9 Å². The molecule has 1 fully saturated rings. The second-order valence-corrected chi connectivity index (χ2v) is 3.52. The lowest BCUT2D eigenvalue weighted by atomic mass is 10.1. The molecule has 2 heterocycles. The second kappa shape index (κ2) is 3.80. The van der Waals surface area contributed by atoms with E-state index in [1.807, 2.05) is 0 Å². The Bertz CT molecular complexity index is 451. The molecular weight excluding hydrogens is 212 g/mol. The number of hydrogen-bond acceptors (Lipinski definition) is 4. The van der Waals surface area contributed by atoms with Gasteiger partial charge in [0.1, 0.15) is 0 Å². The molecule has 2 rings (SSSR count). The zero-order valence-corrected chi connectivity index (χ0v) is 8.42. The van der Waals surface area contributed by atoms with Crippen LogP contribution in [0.5, 0.6) is 0 Å². The van der Waals surface area contributed by atoms with E-state index in [2.05, 4.69) is 11.6 Å². The highest BCUT2D eigenvalue weighted by Gasteiger charge is 2.32. The zero-order valence-electron chi connectivity index (χ0n) is 8.42. The van der Waals surface area contributed by atoms with Crippen molar-refractivity contribution in [3.8, 4) is 0 Å². The Hall–Kier alpha value is -2.11. The molecule has 6 nitrogen and oxygen atoms in total. The maximum atomic E-state index is 11.6. The van der Waals surface area contributed by atoms with Crippen LogP contribution in [0.3, 0.4) is 0 Å². The third-order valence-corrected chi connectivity index (χ3v) is 2.42. The second-order valence-electron chi connectivity index (χ2n) is 3.52. The van der Waals surface area contributed by atoms with Crippen molar-refractivity contribution < 1.29 is 19.1 Å². The van der Waals surface area contributed by atoms with E-state index in [-0.39, 0.29) is 23.6 Å². The van der Waals surface area contributed by atoms with Gasteiger partial charge in [0.25, 0.3) is 0 Å². The zero-order chi connectivity index (χ0) is 11.7. The number of aromatic carboxylic acids is 1. The molecule has 1 amide bonds. The Labute approximate surface area is 91.2 Å². The number of rotatable bonds is 3. The highest BCUT2D eigenvalue weighted by atomic mass is 16.4. The van der Waals surface area contributed by atoms with E-state index in [0.717, 1.165) is 6.20 Å². The number of aromatic nitrogens is 1. The first-order valence-corrected chi connectivity index (χ1v) is 4.74. The molecule has 1 saturated heterocycles. The molecule has 1 aromatic heterocycles. The number of carbonyl (C=O) groups excluding carboxylic acids is 1. The Morgan fingerprint density at radius 3 is 3.00 bits per heavy atom. The quantitative estimate of drug-likeness (QED) is 0.768. The van der Waals surface area contributed by atoms with Gasteiger partial charge in [-0.25, -0.2) is 9.78 Å². The Morgan fingerprint density at radius 1 is 1.75 bits per heavy atom. The molecule has 0 radical (unpaired) electrons. The fourth-order valence-corrected chi connectivity index (χ4v) is 1.57. The predicted molar refractivity (Wildman–Crippen MR) is 54.1 cm³/mol. The topological polar surface area (TPSA) is 83.6 Å². The van der Waals surface area contributed by atoms with Crippen LogP contribution in [0.1, 0.15) is 17.0 Å². The van der Waals surface area contributed by atoms with Gasteiger partial charge in [-0.2, -0.15) is 0 Å². The molecule has 6 heteroatoms. The highest BCUT2D eigenvalue weighted by molar-refractivity contribution is 5.94. The first kappa shape index (κ1) is 10.4. The molecule has 0 aliphatic carbocycles. The SMILES string of the molecule is C=CC1CC(=O)N(c2ncc(C(=O)O)o2)C1. The van der Waals surface area contributed by atoms with Gasteiger partial charge >= 0.3 is 12.0 Å². The Kier molecular flexibility index (Phi) is 2.47. The van der Waals surface area contributed by atoms with Gasteiger partial charge in [0.2, 0.25) is 11.7 Å². The van der Waals surface area contributed by atoms with Crippen LogP contribution in [-0.2, 0) is 4.79 Å². The lowest BCUT2D eigenvalue weighted by molar-refractivity contribution is -0.117. The number of amides is 1. The third kappa shape index (κ3) is 1.69. The summed E-state index contributed by atoms with van der Waals surface area (Å²) in [5, 5.41) is 8.65. The Balaban J connectivity index is 2.21. The van der Waals surface area contributed by atoms with E-state index in [1.165, 1.54) is 4.90 Å². The highest BCUT2D eigenvalue weighted by Crippen LogP contribution is 2.25. The van der Waals surface area contributed by atoms with Crippen LogP contribution in [0.25, 0.3) is 0 Å². The average molecular weight is 222 g/mol. The van der Waals surface area contributed by atoms with Crippen LogP contribution in [0.15, 0.2) is 23.3 Å². The maximum absolute atomic E-state index is 11.6. The number of oxazole rings is 1. The van der Waals surface area contributed by atoms with Crippen LogP contribution in [0.4, 0.5) is 6.01 Å². The molecule has 1 unspecified atom stereocenters. The summed E-state index contributed by atoms with van der Waals surface area (Å²) in [6.07, 6.45) is 3.14. The Morgan fingerprint density at radius 2 is 2.50 bits per heavy atom. The molecule has 0 saturated carbocycles. The molecule has 1 N–H and O–H groups in total. The summed E-state index contributed by atoms with van der Waals surface area (Å²) >= 11 is 0. The first-order chi connectivity index (χ1) is 7.61. The van der Waals surface area contributed by atoms with Crippen molar-refractivity contribution in [2.24, 2.45) is 5.92 Å². The molecular formula is C10H10N2O4. The van der Waals surface area contributed by atoms with E-state index in [4.69, 9.17) is 9.52 Å². The van der Waals surface area contributed by atoms with Gasteiger partial charge in [-0.3, -0.25) is 9.69 Å². The fraction of sp³-hybridized carbons (Fsp3) is 0.300. The van der Waals surface area contributed by atoms with Crippen molar-refractivity contribution in [3.63, 3.8) is 0 Å². The summed E-state index contributed by atoms with van der Waals surface area (Å²) in [6, 6.07) is 0.0340. The monoisotopic (exact) mass is 222 g/mol. The molecule has 0 aromatic carbocycles. The van der Waals surface area contributed by atoms with E-state index in [0.29, 0.717) is 13.0 Å². The first-order valence-electron chi connectivity index (χ1n) is 4.74. The molecule has 1 aliphatic rings. The summed E-state index contributed by atoms with van der Waals surface area (Å²) in [5.74, 6) is -1.55. The fourth-order valence-electron chi connectivity index (χ4n) is 1.57. The van der Waals surface area contributed by atoms with Crippen molar-refractivity contribution in [3.05, 3.63) is 24.6 Å². The summed E-state index contributed by atoms with van der Waals surface area (Å²) < 4.78 is 4.95. The lowest BCUT2D eigenvalue weighted by Crippen LogP contribution is -2.24. The number of carbonyl (C=O) groups is 2. The van der Waals surface area contributed by atoms with E-state index in [9.17, 15) is 9.59 Å². The minimum atomic E-state index is -1.20. The van der Waals surface area contributed by atoms with Crippen LogP contribution in [0, 0.1) is 5.92 Å². The van der Waals surface area contributed by atoms with Gasteiger partial charge in [-0.1, -0.05) is 6.08 Å². The van der Waals surface area contributed by atoms with Gasteiger partial charge in [-0.05, 0) is 0 Å². The van der Waals surface area contributed by atoms with Crippen molar-refractivity contribution in [1.29, 1.82) is 0 Å². The van der Waals surface area contributed by atoms with Gasteiger partial charge in [0.15, 0.2) is 0 Å². The van der Waals surface area contributed by atoms with E-state index < -0.39 is 5.97 Å². The number of hydrogen-bond donors (Lipinski definition) is 1. The predicted octanol–water partition coefficient (Wildman–Crippen LogP) is 0.912. The molecule has 84 valence electrons. The molecule has 0 bridgehead atoms. The summed E-state index contributed by atoms with van der Waals surface area (Å²) in [5.41, 5.74) is 0. The maximum Gasteiger partial charge on any atom is 0.373 e. The minimum Gasteiger partial charge on any atom is -0.475 e. The number of carboxylic acids is 1. The molecule has 16 heavy (non-hydrogen) atoms. The lowest BCUT2D eigenvalue weighted by Gasteiger charge is -2.09. The summed E-state index contributed by atoms with van der Waals surface area (Å²) in [4.78, 5) is 27.2. The average Bonchev–Trinajstić information content (AvgIpc) is 2.83. The third-order valence-electron chi connectivity index (χ3n) is 2.42. The van der Waals surface area contributed by atoms with Crippen LogP contribution < -0.4 is 4.90 Å². The molecule has 1 aromatic rings. The van der Waals surface area contributed by atoms with Crippen molar-refractivity contribution >= 4 is 17.9 Å². The van der Waals surface area contributed by atoms with E-state index in [1.54, 1.807) is 6.08 Å². The van der Waals surface area contributed by atoms with Crippen molar-refractivity contribution in [1.82, 2.24) is 4.98 Å². The van der Waals surface area contributed by atoms with E-state index >= 15 is 0 Å². The minimum absolute atomic E-state index is 0.0340. The van der Waals surface area contributed by atoms with Gasteiger partial charge < -0.3 is 9.52 Å². The summed E-state index contributed by atoms with van der Waals surface area (Å²) in [7, 11) is 0. The molecule has 1 aliphatic heterocycles. The smallest absolute Gasteiger partial charge is 0.373 e. The van der Waals surface area contributed by atoms with Crippen molar-refractivity contribution in [2.45, 2.75) is 6.42 Å². The number of nitrogens with zero attached hydrogens (tertiary/aromatic N) is 2. The van der Waals surface area contributed by atoms with Crippen LogP contribution in [-0.4, -0.2) is 28.5 Å². The van der Waals surface area contributed by atoms with Crippen molar-refractivity contribution in [2.75, 3.05) is 11.4 Å². The molecule has 1 atom stereocenters. The standard InChI is InChI=1S/C10H10N2O4/c1-2-6-3-8(13)12(5-6)10-11-4-7(16-10)9(14)15/h2,4,6H,1,3,5H2,(H,14,15). The van der Waals surface area contributed by atoms with Gasteiger partial charge in [0.05, 0.1) is 6.20 Å². The number of carboxylic acid groups (broad SMARTS) is 1. The largest absolute Gasteiger partial charge is 0.475 e.